The Morgan fingerprint density at radius 2 is 1.73 bits per heavy atom. The molecule has 0 saturated heterocycles. The van der Waals surface area contributed by atoms with Gasteiger partial charge in [-0.3, -0.25) is 4.79 Å². The summed E-state index contributed by atoms with van der Waals surface area (Å²) in [5.41, 5.74) is 0.820. The van der Waals surface area contributed by atoms with Crippen molar-refractivity contribution in [2.75, 3.05) is 18.4 Å². The van der Waals surface area contributed by atoms with Gasteiger partial charge in [0, 0.05) is 18.8 Å². The number of benzene rings is 1. The summed E-state index contributed by atoms with van der Waals surface area (Å²) < 4.78 is 31.7. The average Bonchev–Trinajstić information content (AvgIpc) is 3.07. The van der Waals surface area contributed by atoms with Crippen molar-refractivity contribution in [1.29, 1.82) is 0 Å². The van der Waals surface area contributed by atoms with Crippen molar-refractivity contribution in [1.82, 2.24) is 4.31 Å². The van der Waals surface area contributed by atoms with Crippen LogP contribution >= 0.6 is 0 Å². The summed E-state index contributed by atoms with van der Waals surface area (Å²) in [4.78, 5) is 23.1. The summed E-state index contributed by atoms with van der Waals surface area (Å²) >= 11 is 0. The van der Waals surface area contributed by atoms with Crippen molar-refractivity contribution in [3.05, 3.63) is 47.4 Å². The van der Waals surface area contributed by atoms with Crippen molar-refractivity contribution < 1.29 is 27.5 Å². The minimum absolute atomic E-state index is 0.102. The van der Waals surface area contributed by atoms with Crippen LogP contribution < -0.4 is 5.32 Å². The van der Waals surface area contributed by atoms with Crippen LogP contribution in [0.2, 0.25) is 0 Å². The van der Waals surface area contributed by atoms with Crippen molar-refractivity contribution in [3.8, 4) is 0 Å². The van der Waals surface area contributed by atoms with Crippen molar-refractivity contribution in [2.24, 2.45) is 0 Å². The maximum atomic E-state index is 12.7. The molecular weight excluding hydrogens is 360 g/mol. The number of carboxylic acids is 1. The number of carbonyl (C=O) groups is 2. The first-order chi connectivity index (χ1) is 12.2. The Balaban J connectivity index is 2.31. The Labute approximate surface area is 151 Å². The minimum atomic E-state index is -3.68. The van der Waals surface area contributed by atoms with Crippen LogP contribution in [0.15, 0.2) is 39.6 Å². The SMILES string of the molecule is CCN(CC)S(=O)(=O)c1cc(NC(=O)c2ccc(C(=O)O)o2)ccc1C. The molecule has 2 rings (SSSR count). The van der Waals surface area contributed by atoms with E-state index in [4.69, 9.17) is 9.52 Å². The highest BCUT2D eigenvalue weighted by atomic mass is 32.2. The molecule has 8 nitrogen and oxygen atoms in total. The lowest BCUT2D eigenvalue weighted by molar-refractivity contribution is 0.0660. The molecule has 1 aromatic heterocycles. The van der Waals surface area contributed by atoms with E-state index >= 15 is 0 Å². The number of rotatable bonds is 7. The highest BCUT2D eigenvalue weighted by Crippen LogP contribution is 2.24. The Morgan fingerprint density at radius 3 is 2.27 bits per heavy atom. The van der Waals surface area contributed by atoms with E-state index in [1.807, 2.05) is 0 Å². The molecule has 2 N–H and O–H groups in total. The summed E-state index contributed by atoms with van der Waals surface area (Å²) in [7, 11) is -3.68. The number of carboxylic acid groups (broad SMARTS) is 1. The van der Waals surface area contributed by atoms with Gasteiger partial charge in [-0.05, 0) is 36.8 Å². The summed E-state index contributed by atoms with van der Waals surface area (Å²) in [6.07, 6.45) is 0. The van der Waals surface area contributed by atoms with Crippen molar-refractivity contribution in [2.45, 2.75) is 25.7 Å². The monoisotopic (exact) mass is 380 g/mol. The molecule has 0 aliphatic carbocycles. The van der Waals surface area contributed by atoms with Crippen LogP contribution in [-0.2, 0) is 10.0 Å². The molecule has 9 heteroatoms. The van der Waals surface area contributed by atoms with Gasteiger partial charge in [-0.1, -0.05) is 19.9 Å². The summed E-state index contributed by atoms with van der Waals surface area (Å²) in [5.74, 6) is -2.50. The Bertz CT molecular complexity index is 928. The van der Waals surface area contributed by atoms with Crippen molar-refractivity contribution in [3.63, 3.8) is 0 Å². The number of anilines is 1. The van der Waals surface area contributed by atoms with E-state index in [1.54, 1.807) is 32.9 Å². The fraction of sp³-hybridized carbons (Fsp3) is 0.294. The van der Waals surface area contributed by atoms with Crippen LogP contribution in [0.1, 0.15) is 40.5 Å². The van der Waals surface area contributed by atoms with Gasteiger partial charge >= 0.3 is 5.97 Å². The quantitative estimate of drug-likeness (QED) is 0.762. The lowest BCUT2D eigenvalue weighted by Crippen LogP contribution is -2.31. The van der Waals surface area contributed by atoms with E-state index in [2.05, 4.69) is 5.32 Å². The molecule has 0 aliphatic heterocycles. The third kappa shape index (κ3) is 3.94. The largest absolute Gasteiger partial charge is 0.475 e. The van der Waals surface area contributed by atoms with E-state index < -0.39 is 21.9 Å². The molecule has 26 heavy (non-hydrogen) atoms. The second-order valence-corrected chi connectivity index (χ2v) is 7.40. The first-order valence-corrected chi connectivity index (χ1v) is 9.40. The van der Waals surface area contributed by atoms with E-state index in [0.29, 0.717) is 18.7 Å². The number of aromatic carboxylic acids is 1. The molecule has 140 valence electrons. The number of carbonyl (C=O) groups excluding carboxylic acids is 1. The molecule has 0 saturated carbocycles. The number of furan rings is 1. The maximum Gasteiger partial charge on any atom is 0.371 e. The molecule has 0 atom stereocenters. The van der Waals surface area contributed by atoms with Crippen LogP contribution in [0.3, 0.4) is 0 Å². The second kappa shape index (κ2) is 7.71. The predicted molar refractivity (Wildman–Crippen MR) is 94.9 cm³/mol. The Morgan fingerprint density at radius 1 is 1.12 bits per heavy atom. The van der Waals surface area contributed by atoms with E-state index in [0.717, 1.165) is 0 Å². The maximum absolute atomic E-state index is 12.7. The molecule has 0 unspecified atom stereocenters. The van der Waals surface area contributed by atoms with Crippen molar-refractivity contribution >= 4 is 27.6 Å². The van der Waals surface area contributed by atoms with E-state index in [9.17, 15) is 18.0 Å². The number of nitrogens with zero attached hydrogens (tertiary/aromatic N) is 1. The fourth-order valence-corrected chi connectivity index (χ4v) is 4.13. The first kappa shape index (κ1) is 19.7. The summed E-state index contributed by atoms with van der Waals surface area (Å²) in [6.45, 7) is 5.84. The number of aryl methyl sites for hydroxylation is 1. The molecule has 1 aromatic carbocycles. The van der Waals surface area contributed by atoms with Gasteiger partial charge in [0.05, 0.1) is 4.90 Å². The number of hydrogen-bond acceptors (Lipinski definition) is 5. The summed E-state index contributed by atoms with van der Waals surface area (Å²) in [5, 5.41) is 11.3. The van der Waals surface area contributed by atoms with Crippen LogP contribution in [0.25, 0.3) is 0 Å². The third-order valence-corrected chi connectivity index (χ3v) is 6.00. The van der Waals surface area contributed by atoms with Gasteiger partial charge in [0.15, 0.2) is 5.76 Å². The van der Waals surface area contributed by atoms with Gasteiger partial charge in [0.2, 0.25) is 15.8 Å². The normalized spacial score (nSPS) is 11.5. The van der Waals surface area contributed by atoms with Gasteiger partial charge in [-0.15, -0.1) is 0 Å². The molecule has 0 aliphatic rings. The molecule has 0 spiro atoms. The van der Waals surface area contributed by atoms with Crippen LogP contribution in [0.4, 0.5) is 5.69 Å². The lowest BCUT2D eigenvalue weighted by Gasteiger charge is -2.20. The van der Waals surface area contributed by atoms with E-state index in [-0.39, 0.29) is 22.1 Å². The third-order valence-electron chi connectivity index (χ3n) is 3.81. The molecule has 0 bridgehead atoms. The van der Waals surface area contributed by atoms with E-state index in [1.165, 1.54) is 22.5 Å². The highest BCUT2D eigenvalue weighted by molar-refractivity contribution is 7.89. The van der Waals surface area contributed by atoms with Gasteiger partial charge < -0.3 is 14.8 Å². The zero-order chi connectivity index (χ0) is 19.5. The number of nitrogens with one attached hydrogen (secondary N) is 1. The molecule has 1 amide bonds. The fourth-order valence-electron chi connectivity index (χ4n) is 2.43. The number of amides is 1. The number of hydrogen-bond donors (Lipinski definition) is 2. The van der Waals surface area contributed by atoms with Gasteiger partial charge in [0.1, 0.15) is 0 Å². The number of sulfonamides is 1. The van der Waals surface area contributed by atoms with Crippen LogP contribution in [0, 0.1) is 6.92 Å². The average molecular weight is 380 g/mol. The zero-order valence-corrected chi connectivity index (χ0v) is 15.5. The lowest BCUT2D eigenvalue weighted by atomic mass is 10.2. The second-order valence-electron chi connectivity index (χ2n) is 5.49. The zero-order valence-electron chi connectivity index (χ0n) is 14.6. The molecule has 0 fully saturated rings. The molecule has 0 radical (unpaired) electrons. The Kier molecular flexibility index (Phi) is 5.83. The predicted octanol–water partition coefficient (Wildman–Crippen LogP) is 2.57. The topological polar surface area (TPSA) is 117 Å². The van der Waals surface area contributed by atoms with Gasteiger partial charge in [-0.2, -0.15) is 4.31 Å². The molecule has 1 heterocycles. The Hall–Kier alpha value is -2.65. The smallest absolute Gasteiger partial charge is 0.371 e. The van der Waals surface area contributed by atoms with Gasteiger partial charge in [0.25, 0.3) is 5.91 Å². The first-order valence-electron chi connectivity index (χ1n) is 7.96. The summed E-state index contributed by atoms with van der Waals surface area (Å²) in [6, 6.07) is 6.94. The van der Waals surface area contributed by atoms with Crippen LogP contribution in [-0.4, -0.2) is 42.8 Å². The minimum Gasteiger partial charge on any atom is -0.475 e. The highest BCUT2D eigenvalue weighted by Gasteiger charge is 2.24. The standard InChI is InChI=1S/C17H20N2O6S/c1-4-19(5-2)26(23,24)15-10-12(7-6-11(15)3)18-16(20)13-8-9-14(25-13)17(21)22/h6-10H,4-5H2,1-3H3,(H,18,20)(H,21,22). The van der Waals surface area contributed by atoms with Gasteiger partial charge in [-0.25, -0.2) is 13.2 Å². The molecular formula is C17H20N2O6S. The van der Waals surface area contributed by atoms with Crippen LogP contribution in [0.5, 0.6) is 0 Å². The molecule has 2 aromatic rings.